The number of nitrogens with zero attached hydrogens (tertiary/aromatic N) is 4. The third-order valence-corrected chi connectivity index (χ3v) is 6.61. The van der Waals surface area contributed by atoms with Gasteiger partial charge in [0.05, 0.1) is 19.3 Å². The molecule has 7 nitrogen and oxygen atoms in total. The Morgan fingerprint density at radius 2 is 1.71 bits per heavy atom. The minimum atomic E-state index is -0.111. The van der Waals surface area contributed by atoms with Crippen LogP contribution in [0.15, 0.2) is 54.6 Å². The van der Waals surface area contributed by atoms with Crippen molar-refractivity contribution in [3.63, 3.8) is 0 Å². The molecular weight excluding hydrogens is 464 g/mol. The highest BCUT2D eigenvalue weighted by Gasteiger charge is 2.24. The number of hydrogen-bond acceptors (Lipinski definition) is 4. The van der Waals surface area contributed by atoms with E-state index in [4.69, 9.17) is 16.3 Å². The Labute approximate surface area is 210 Å². The number of aromatic nitrogens is 2. The summed E-state index contributed by atoms with van der Waals surface area (Å²) in [4.78, 5) is 29.2. The van der Waals surface area contributed by atoms with E-state index in [9.17, 15) is 9.59 Å². The highest BCUT2D eigenvalue weighted by atomic mass is 35.5. The Balaban J connectivity index is 1.36. The Morgan fingerprint density at radius 1 is 1.03 bits per heavy atom. The lowest BCUT2D eigenvalue weighted by atomic mass is 10.1. The molecule has 3 aromatic rings. The Bertz CT molecular complexity index is 1240. The lowest BCUT2D eigenvalue weighted by molar-refractivity contribution is -0.127. The summed E-state index contributed by atoms with van der Waals surface area (Å²) in [5.74, 6) is 0.524. The van der Waals surface area contributed by atoms with Crippen molar-refractivity contribution in [2.75, 3.05) is 33.3 Å². The van der Waals surface area contributed by atoms with Crippen molar-refractivity contribution in [3.8, 4) is 5.75 Å². The maximum Gasteiger partial charge on any atom is 0.254 e. The van der Waals surface area contributed by atoms with Gasteiger partial charge in [-0.2, -0.15) is 5.10 Å². The predicted octanol–water partition coefficient (Wildman–Crippen LogP) is 4.21. The summed E-state index contributed by atoms with van der Waals surface area (Å²) in [6, 6.07) is 15.4. The van der Waals surface area contributed by atoms with Crippen LogP contribution in [0.2, 0.25) is 5.15 Å². The number of ether oxygens (including phenoxy) is 1. The van der Waals surface area contributed by atoms with Crippen LogP contribution in [0.4, 0.5) is 0 Å². The zero-order valence-corrected chi connectivity index (χ0v) is 21.0. The van der Waals surface area contributed by atoms with E-state index < -0.39 is 0 Å². The van der Waals surface area contributed by atoms with E-state index in [1.807, 2.05) is 56.3 Å². The molecule has 2 aromatic carbocycles. The molecule has 0 bridgehead atoms. The number of amides is 2. The van der Waals surface area contributed by atoms with E-state index in [1.54, 1.807) is 33.7 Å². The largest absolute Gasteiger partial charge is 0.496 e. The van der Waals surface area contributed by atoms with Crippen molar-refractivity contribution in [3.05, 3.63) is 87.7 Å². The Hall–Kier alpha value is -3.58. The van der Waals surface area contributed by atoms with Gasteiger partial charge in [0.15, 0.2) is 0 Å². The first-order valence-electron chi connectivity index (χ1n) is 11.5. The van der Waals surface area contributed by atoms with Crippen LogP contribution in [0, 0.1) is 13.8 Å². The fraction of sp³-hybridized carbons (Fsp3) is 0.296. The normalized spacial score (nSPS) is 13.9. The molecule has 0 N–H and O–H groups in total. The number of carbonyl (C=O) groups excluding carboxylic acids is 2. The Kier molecular flexibility index (Phi) is 7.56. The molecule has 182 valence electrons. The molecule has 0 aliphatic carbocycles. The van der Waals surface area contributed by atoms with Crippen molar-refractivity contribution in [1.82, 2.24) is 19.6 Å². The fourth-order valence-electron chi connectivity index (χ4n) is 4.14. The van der Waals surface area contributed by atoms with Crippen LogP contribution in [0.1, 0.15) is 32.7 Å². The summed E-state index contributed by atoms with van der Waals surface area (Å²) in [5.41, 5.74) is 4.16. The van der Waals surface area contributed by atoms with Gasteiger partial charge in [-0.25, -0.2) is 4.68 Å². The van der Waals surface area contributed by atoms with Crippen molar-refractivity contribution >= 4 is 29.5 Å². The SMILES string of the molecule is COc1cc(C(=O)N2CCN(C(=O)/C=C/c3c(C)nn(Cc4ccccc4)c3Cl)CC2)ccc1C. The van der Waals surface area contributed by atoms with Crippen LogP contribution in [0.3, 0.4) is 0 Å². The van der Waals surface area contributed by atoms with Gasteiger partial charge in [0.25, 0.3) is 5.91 Å². The van der Waals surface area contributed by atoms with Crippen molar-refractivity contribution < 1.29 is 14.3 Å². The molecule has 8 heteroatoms. The summed E-state index contributed by atoms with van der Waals surface area (Å²) in [6.45, 7) is 6.27. The molecule has 1 aromatic heterocycles. The van der Waals surface area contributed by atoms with E-state index in [0.717, 1.165) is 22.4 Å². The van der Waals surface area contributed by atoms with Crippen molar-refractivity contribution in [2.24, 2.45) is 0 Å². The van der Waals surface area contributed by atoms with Gasteiger partial charge in [0, 0.05) is 43.4 Å². The summed E-state index contributed by atoms with van der Waals surface area (Å²) in [7, 11) is 1.59. The van der Waals surface area contributed by atoms with Gasteiger partial charge < -0.3 is 14.5 Å². The molecule has 2 heterocycles. The van der Waals surface area contributed by atoms with Gasteiger partial charge in [0.2, 0.25) is 5.91 Å². The highest BCUT2D eigenvalue weighted by molar-refractivity contribution is 6.31. The van der Waals surface area contributed by atoms with Gasteiger partial charge in [-0.15, -0.1) is 0 Å². The smallest absolute Gasteiger partial charge is 0.254 e. The molecule has 35 heavy (non-hydrogen) atoms. The molecule has 0 atom stereocenters. The number of aryl methyl sites for hydroxylation is 2. The molecule has 0 radical (unpaired) electrons. The quantitative estimate of drug-likeness (QED) is 0.483. The number of halogens is 1. The third-order valence-electron chi connectivity index (χ3n) is 6.21. The molecule has 1 aliphatic rings. The second-order valence-electron chi connectivity index (χ2n) is 8.57. The first-order valence-corrected chi connectivity index (χ1v) is 11.9. The number of methoxy groups -OCH3 is 1. The lowest BCUT2D eigenvalue weighted by Crippen LogP contribution is -2.50. The van der Waals surface area contributed by atoms with Crippen LogP contribution < -0.4 is 4.74 Å². The lowest BCUT2D eigenvalue weighted by Gasteiger charge is -2.34. The molecule has 0 unspecified atom stereocenters. The van der Waals surface area contributed by atoms with E-state index >= 15 is 0 Å². The highest BCUT2D eigenvalue weighted by Crippen LogP contribution is 2.23. The van der Waals surface area contributed by atoms with Crippen molar-refractivity contribution in [2.45, 2.75) is 20.4 Å². The zero-order chi connectivity index (χ0) is 24.9. The van der Waals surface area contributed by atoms with E-state index in [0.29, 0.717) is 49.2 Å². The third kappa shape index (κ3) is 5.57. The number of benzene rings is 2. The van der Waals surface area contributed by atoms with Gasteiger partial charge in [0.1, 0.15) is 10.9 Å². The van der Waals surface area contributed by atoms with Crippen molar-refractivity contribution in [1.29, 1.82) is 0 Å². The Morgan fingerprint density at radius 3 is 2.40 bits per heavy atom. The predicted molar refractivity (Wildman–Crippen MR) is 137 cm³/mol. The van der Waals surface area contributed by atoms with Gasteiger partial charge in [-0.3, -0.25) is 9.59 Å². The summed E-state index contributed by atoms with van der Waals surface area (Å²) >= 11 is 6.56. The molecule has 4 rings (SSSR count). The number of hydrogen-bond donors (Lipinski definition) is 0. The summed E-state index contributed by atoms with van der Waals surface area (Å²) in [5, 5.41) is 5.03. The van der Waals surface area contributed by atoms with Crippen LogP contribution in [-0.2, 0) is 11.3 Å². The minimum absolute atomic E-state index is 0.0563. The topological polar surface area (TPSA) is 67.7 Å². The first kappa shape index (κ1) is 24.5. The van der Waals surface area contributed by atoms with Crippen LogP contribution in [0.25, 0.3) is 6.08 Å². The average Bonchev–Trinajstić information content (AvgIpc) is 3.14. The minimum Gasteiger partial charge on any atom is -0.496 e. The van der Waals surface area contributed by atoms with Crippen LogP contribution in [-0.4, -0.2) is 64.7 Å². The maximum atomic E-state index is 12.9. The van der Waals surface area contributed by atoms with E-state index in [2.05, 4.69) is 5.10 Å². The monoisotopic (exact) mass is 492 g/mol. The van der Waals surface area contributed by atoms with Gasteiger partial charge in [-0.05, 0) is 43.2 Å². The van der Waals surface area contributed by atoms with E-state index in [1.165, 1.54) is 6.08 Å². The number of piperazine rings is 1. The standard InChI is InChI=1S/C27H29ClN4O3/c1-19-9-10-22(17-24(19)35-3)27(34)31-15-13-30(14-16-31)25(33)12-11-23-20(2)29-32(26(23)28)18-21-7-5-4-6-8-21/h4-12,17H,13-16,18H2,1-3H3/b12-11+. The molecule has 0 saturated carbocycles. The molecule has 1 aliphatic heterocycles. The summed E-state index contributed by atoms with van der Waals surface area (Å²) in [6.07, 6.45) is 3.26. The zero-order valence-electron chi connectivity index (χ0n) is 20.2. The second-order valence-corrected chi connectivity index (χ2v) is 8.93. The maximum absolute atomic E-state index is 12.9. The average molecular weight is 493 g/mol. The number of rotatable bonds is 6. The van der Waals surface area contributed by atoms with Crippen LogP contribution >= 0.6 is 11.6 Å². The summed E-state index contributed by atoms with van der Waals surface area (Å²) < 4.78 is 7.07. The van der Waals surface area contributed by atoms with Crippen LogP contribution in [0.5, 0.6) is 5.75 Å². The first-order chi connectivity index (χ1) is 16.9. The molecule has 2 amide bonds. The molecule has 1 fully saturated rings. The van der Waals surface area contributed by atoms with Gasteiger partial charge in [-0.1, -0.05) is 48.0 Å². The molecular formula is C27H29ClN4O3. The van der Waals surface area contributed by atoms with E-state index in [-0.39, 0.29) is 11.8 Å². The molecule has 1 saturated heterocycles. The molecule has 0 spiro atoms. The number of carbonyl (C=O) groups is 2. The van der Waals surface area contributed by atoms with Gasteiger partial charge >= 0.3 is 0 Å². The second kappa shape index (κ2) is 10.8. The fourth-order valence-corrected chi connectivity index (χ4v) is 4.44.